The van der Waals surface area contributed by atoms with E-state index in [1.165, 1.54) is 110 Å². The highest BCUT2D eigenvalue weighted by Crippen LogP contribution is 2.47. The number of fused-ring (bicyclic) bond motifs is 4. The lowest BCUT2D eigenvalue weighted by atomic mass is 9.75. The third-order valence-corrected chi connectivity index (χ3v) is 13.3. The molecule has 0 aromatic heterocycles. The Morgan fingerprint density at radius 2 is 0.790 bits per heavy atom. The van der Waals surface area contributed by atoms with Crippen molar-refractivity contribution < 1.29 is 0 Å². The van der Waals surface area contributed by atoms with Gasteiger partial charge in [0.2, 0.25) is 0 Å². The fraction of sp³-hybridized carbons (Fsp3) is 0.0968. The molecule has 1 aliphatic carbocycles. The zero-order valence-corrected chi connectivity index (χ0v) is 35.6. The molecule has 0 amide bonds. The van der Waals surface area contributed by atoms with Crippen LogP contribution in [-0.4, -0.2) is 0 Å². The number of hydrogen-bond acceptors (Lipinski definition) is 0. The van der Waals surface area contributed by atoms with Crippen molar-refractivity contribution in [1.82, 2.24) is 0 Å². The van der Waals surface area contributed by atoms with E-state index < -0.39 is 0 Å². The van der Waals surface area contributed by atoms with Crippen molar-refractivity contribution in [1.29, 1.82) is 0 Å². The molecule has 10 aromatic rings. The molecule has 0 radical (unpaired) electrons. The van der Waals surface area contributed by atoms with Crippen LogP contribution in [0.5, 0.6) is 0 Å². The number of benzene rings is 10. The summed E-state index contributed by atoms with van der Waals surface area (Å²) in [6.07, 6.45) is 8.29. The first kappa shape index (κ1) is 37.7. The summed E-state index contributed by atoms with van der Waals surface area (Å²) in [4.78, 5) is 0. The third-order valence-electron chi connectivity index (χ3n) is 13.3. The van der Waals surface area contributed by atoms with Crippen LogP contribution in [0.2, 0.25) is 0 Å². The molecule has 0 N–H and O–H groups in total. The Morgan fingerprint density at radius 1 is 0.355 bits per heavy atom. The fourth-order valence-corrected chi connectivity index (χ4v) is 10.1. The third kappa shape index (κ3) is 6.64. The molecule has 0 heterocycles. The standard InChI is InChI=1S/C62H48/c1-62(2,3)49-35-32-43(33-36-49)52-26-8-9-27-53(52)46-34-37-58-59(40-46)61(48-23-13-21-45(39-48)55-31-15-19-42-17-5-7-25-51(42)55)57-29-11-10-28-56(57)60(58)47-22-12-20-44(38-47)54-30-14-18-41-16-4-6-24-50(41)54/h4-35,37-40,49H,36H2,1-3H3. The first-order chi connectivity index (χ1) is 30.4. The van der Waals surface area contributed by atoms with Crippen LogP contribution in [0.15, 0.2) is 218 Å². The van der Waals surface area contributed by atoms with Crippen LogP contribution in [-0.2, 0) is 0 Å². The Kier molecular flexibility index (Phi) is 9.32. The topological polar surface area (TPSA) is 0 Å². The zero-order valence-electron chi connectivity index (χ0n) is 35.6. The molecule has 0 bridgehead atoms. The summed E-state index contributed by atoms with van der Waals surface area (Å²) in [5.41, 5.74) is 15.2. The van der Waals surface area contributed by atoms with E-state index in [0.717, 1.165) is 6.42 Å². The lowest BCUT2D eigenvalue weighted by Crippen LogP contribution is -2.19. The van der Waals surface area contributed by atoms with E-state index in [-0.39, 0.29) is 5.41 Å². The lowest BCUT2D eigenvalue weighted by Gasteiger charge is -2.29. The van der Waals surface area contributed by atoms with Crippen molar-refractivity contribution >= 4 is 48.7 Å². The highest BCUT2D eigenvalue weighted by atomic mass is 14.3. The van der Waals surface area contributed by atoms with Crippen LogP contribution in [0.1, 0.15) is 32.8 Å². The number of rotatable bonds is 6. The van der Waals surface area contributed by atoms with Crippen molar-refractivity contribution in [2.24, 2.45) is 11.3 Å². The van der Waals surface area contributed by atoms with Gasteiger partial charge in [0.05, 0.1) is 0 Å². The summed E-state index contributed by atoms with van der Waals surface area (Å²) < 4.78 is 0. The number of hydrogen-bond donors (Lipinski definition) is 0. The minimum absolute atomic E-state index is 0.229. The molecule has 10 aromatic carbocycles. The molecule has 0 aliphatic heterocycles. The molecule has 296 valence electrons. The second-order valence-corrected chi connectivity index (χ2v) is 18.0. The first-order valence-electron chi connectivity index (χ1n) is 22.0. The highest BCUT2D eigenvalue weighted by Gasteiger charge is 2.24. The summed E-state index contributed by atoms with van der Waals surface area (Å²) in [6.45, 7) is 7.03. The van der Waals surface area contributed by atoms with E-state index in [0.29, 0.717) is 5.92 Å². The predicted octanol–water partition coefficient (Wildman–Crippen LogP) is 17.6. The first-order valence-corrected chi connectivity index (χ1v) is 22.0. The fourth-order valence-electron chi connectivity index (χ4n) is 10.1. The zero-order chi connectivity index (χ0) is 41.8. The van der Waals surface area contributed by atoms with Crippen molar-refractivity contribution in [2.75, 3.05) is 0 Å². The van der Waals surface area contributed by atoms with Gasteiger partial charge >= 0.3 is 0 Å². The predicted molar refractivity (Wildman–Crippen MR) is 268 cm³/mol. The molecule has 0 saturated carbocycles. The Labute approximate surface area is 365 Å². The quantitative estimate of drug-likeness (QED) is 0.147. The van der Waals surface area contributed by atoms with Crippen LogP contribution in [0.25, 0.3) is 104 Å². The summed E-state index contributed by atoms with van der Waals surface area (Å²) >= 11 is 0. The summed E-state index contributed by atoms with van der Waals surface area (Å²) in [7, 11) is 0. The molecule has 0 saturated heterocycles. The minimum atomic E-state index is 0.229. The van der Waals surface area contributed by atoms with Gasteiger partial charge in [-0.25, -0.2) is 0 Å². The largest absolute Gasteiger partial charge is 0.0800 e. The van der Waals surface area contributed by atoms with Crippen LogP contribution in [0, 0.1) is 11.3 Å². The molecule has 0 nitrogen and oxygen atoms in total. The van der Waals surface area contributed by atoms with E-state index in [2.05, 4.69) is 239 Å². The second kappa shape index (κ2) is 15.3. The summed E-state index contributed by atoms with van der Waals surface area (Å²) in [5, 5.41) is 10.0. The summed E-state index contributed by atoms with van der Waals surface area (Å²) in [5.74, 6) is 0.525. The maximum absolute atomic E-state index is 2.48. The normalized spacial score (nSPS) is 14.2. The average molecular weight is 793 g/mol. The van der Waals surface area contributed by atoms with Gasteiger partial charge in [-0.15, -0.1) is 0 Å². The Balaban J connectivity index is 1.16. The van der Waals surface area contributed by atoms with Crippen LogP contribution >= 0.6 is 0 Å². The average Bonchev–Trinajstić information content (AvgIpc) is 3.32. The van der Waals surface area contributed by atoms with Crippen LogP contribution in [0.4, 0.5) is 0 Å². The summed E-state index contributed by atoms with van der Waals surface area (Å²) in [6, 6.07) is 74.4. The van der Waals surface area contributed by atoms with Gasteiger partial charge in [0.15, 0.2) is 0 Å². The maximum atomic E-state index is 2.48. The molecular weight excluding hydrogens is 745 g/mol. The minimum Gasteiger partial charge on any atom is -0.0800 e. The SMILES string of the molecule is CC(C)(C)C1C=CC(c2ccccc2-c2ccc3c(-c4cccc(-c5cccc6ccccc56)c4)c4ccccc4c(-c4cccc(-c5cccc6ccccc56)c4)c3c2)=CC1. The van der Waals surface area contributed by atoms with Gasteiger partial charge in [-0.05, 0) is 146 Å². The molecule has 1 atom stereocenters. The Morgan fingerprint density at radius 3 is 1.35 bits per heavy atom. The van der Waals surface area contributed by atoms with Crippen molar-refractivity contribution in [3.8, 4) is 55.6 Å². The lowest BCUT2D eigenvalue weighted by molar-refractivity contribution is 0.294. The van der Waals surface area contributed by atoms with E-state index in [4.69, 9.17) is 0 Å². The Bertz CT molecular complexity index is 3410. The van der Waals surface area contributed by atoms with Gasteiger partial charge in [-0.1, -0.05) is 221 Å². The van der Waals surface area contributed by atoms with E-state index >= 15 is 0 Å². The highest BCUT2D eigenvalue weighted by molar-refractivity contribution is 6.22. The van der Waals surface area contributed by atoms with Gasteiger partial charge in [-0.3, -0.25) is 0 Å². The molecule has 1 unspecified atom stereocenters. The van der Waals surface area contributed by atoms with Gasteiger partial charge < -0.3 is 0 Å². The molecular formula is C62H48. The molecule has 1 aliphatic rings. The smallest absolute Gasteiger partial charge is 0.00259 e. The number of allylic oxidation sites excluding steroid dienone is 4. The van der Waals surface area contributed by atoms with Crippen molar-refractivity contribution in [3.63, 3.8) is 0 Å². The monoisotopic (exact) mass is 792 g/mol. The molecule has 0 spiro atoms. The second-order valence-electron chi connectivity index (χ2n) is 18.0. The molecule has 62 heavy (non-hydrogen) atoms. The molecule has 0 heteroatoms. The maximum Gasteiger partial charge on any atom is -0.00259 e. The molecule has 11 rings (SSSR count). The van der Waals surface area contributed by atoms with Gasteiger partial charge in [0.25, 0.3) is 0 Å². The van der Waals surface area contributed by atoms with E-state index in [1.54, 1.807) is 0 Å². The van der Waals surface area contributed by atoms with Gasteiger partial charge in [-0.2, -0.15) is 0 Å². The van der Waals surface area contributed by atoms with Crippen LogP contribution < -0.4 is 0 Å². The van der Waals surface area contributed by atoms with Gasteiger partial charge in [0, 0.05) is 0 Å². The molecule has 0 fully saturated rings. The van der Waals surface area contributed by atoms with Crippen LogP contribution in [0.3, 0.4) is 0 Å². The van der Waals surface area contributed by atoms with E-state index in [9.17, 15) is 0 Å². The van der Waals surface area contributed by atoms with Crippen molar-refractivity contribution in [2.45, 2.75) is 27.2 Å². The van der Waals surface area contributed by atoms with E-state index in [1.807, 2.05) is 0 Å². The Hall–Kier alpha value is -7.28. The van der Waals surface area contributed by atoms with Crippen molar-refractivity contribution in [3.05, 3.63) is 224 Å². The van der Waals surface area contributed by atoms with Gasteiger partial charge in [0.1, 0.15) is 0 Å².